The van der Waals surface area contributed by atoms with Crippen LogP contribution in [-0.4, -0.2) is 30.7 Å². The fraction of sp³-hybridized carbons (Fsp3) is 0.238. The minimum absolute atomic E-state index is 0.0149. The Balaban J connectivity index is 2.02. The largest absolute Gasteiger partial charge is 0.435 e. The van der Waals surface area contributed by atoms with Crippen LogP contribution >= 0.6 is 0 Å². The van der Waals surface area contributed by atoms with E-state index in [1.807, 2.05) is 0 Å². The number of alkyl halides is 12. The maximum atomic E-state index is 14.6. The summed E-state index contributed by atoms with van der Waals surface area (Å²) < 4.78 is 173. The number of fused-ring (bicyclic) bond motifs is 1. The number of hydrogen-bond acceptors (Lipinski definition) is 4. The molecule has 208 valence electrons. The van der Waals surface area contributed by atoms with Gasteiger partial charge in [0.1, 0.15) is 29.4 Å². The Morgan fingerprint density at radius 3 is 1.87 bits per heavy atom. The van der Waals surface area contributed by atoms with Crippen LogP contribution < -0.4 is 0 Å². The van der Waals surface area contributed by atoms with E-state index >= 15 is 0 Å². The minimum Gasteiger partial charge on any atom is -0.299 e. The van der Waals surface area contributed by atoms with Crippen molar-refractivity contribution in [2.75, 3.05) is 0 Å². The molecule has 0 aliphatic heterocycles. The Morgan fingerprint density at radius 2 is 1.38 bits per heavy atom. The van der Waals surface area contributed by atoms with Crippen LogP contribution in [0.15, 0.2) is 36.5 Å². The Hall–Kier alpha value is -3.99. The van der Waals surface area contributed by atoms with Crippen LogP contribution in [0.3, 0.4) is 0 Å². The molecule has 0 unspecified atom stereocenters. The fourth-order valence-corrected chi connectivity index (χ4v) is 3.43. The molecule has 39 heavy (non-hydrogen) atoms. The van der Waals surface area contributed by atoms with Crippen molar-refractivity contribution in [2.45, 2.75) is 31.2 Å². The van der Waals surface area contributed by atoms with Crippen molar-refractivity contribution in [2.24, 2.45) is 0 Å². The van der Waals surface area contributed by atoms with Crippen molar-refractivity contribution < 1.29 is 57.1 Å². The number of aromatic nitrogens is 5. The lowest BCUT2D eigenvalue weighted by Gasteiger charge is -2.14. The first-order valence-electron chi connectivity index (χ1n) is 10.1. The highest BCUT2D eigenvalue weighted by molar-refractivity contribution is 5.82. The van der Waals surface area contributed by atoms with Gasteiger partial charge in [0.25, 0.3) is 0 Å². The summed E-state index contributed by atoms with van der Waals surface area (Å²) in [5, 5.41) is 0. The topological polar surface area (TPSA) is 56.5 Å². The molecular formula is C21H8F13N5. The predicted octanol–water partition coefficient (Wildman–Crippen LogP) is 7.31. The highest BCUT2D eigenvalue weighted by Gasteiger charge is 2.40. The summed E-state index contributed by atoms with van der Waals surface area (Å²) in [5.41, 5.74) is -8.96. The quantitative estimate of drug-likeness (QED) is 0.240. The van der Waals surface area contributed by atoms with E-state index in [9.17, 15) is 57.1 Å². The number of halogens is 13. The van der Waals surface area contributed by atoms with Gasteiger partial charge in [-0.3, -0.25) is 9.55 Å². The molecule has 18 heteroatoms. The van der Waals surface area contributed by atoms with Crippen LogP contribution in [-0.2, 0) is 25.1 Å². The van der Waals surface area contributed by atoms with Crippen LogP contribution in [0.25, 0.3) is 33.9 Å². The second-order valence-corrected chi connectivity index (χ2v) is 7.82. The van der Waals surface area contributed by atoms with Crippen molar-refractivity contribution in [3.8, 4) is 22.8 Å². The molecule has 0 saturated carbocycles. The Morgan fingerprint density at radius 1 is 0.718 bits per heavy atom. The second kappa shape index (κ2) is 9.04. The van der Waals surface area contributed by atoms with Crippen molar-refractivity contribution >= 4 is 11.2 Å². The van der Waals surface area contributed by atoms with Gasteiger partial charge >= 0.3 is 24.7 Å². The van der Waals surface area contributed by atoms with E-state index < -0.39 is 88.0 Å². The van der Waals surface area contributed by atoms with Crippen molar-refractivity contribution in [3.63, 3.8) is 0 Å². The van der Waals surface area contributed by atoms with Crippen LogP contribution in [0.5, 0.6) is 0 Å². The molecule has 0 amide bonds. The molecule has 4 rings (SSSR count). The van der Waals surface area contributed by atoms with Gasteiger partial charge in [-0.1, -0.05) is 0 Å². The molecule has 0 aliphatic rings. The number of pyridine rings is 1. The van der Waals surface area contributed by atoms with Gasteiger partial charge in [0.05, 0.1) is 11.1 Å². The van der Waals surface area contributed by atoms with Gasteiger partial charge in [0, 0.05) is 11.8 Å². The first-order valence-corrected chi connectivity index (χ1v) is 10.1. The highest BCUT2D eigenvalue weighted by Crippen LogP contribution is 2.39. The van der Waals surface area contributed by atoms with Gasteiger partial charge in [-0.2, -0.15) is 52.7 Å². The Labute approximate surface area is 207 Å². The summed E-state index contributed by atoms with van der Waals surface area (Å²) in [6.07, 6.45) is -20.1. The van der Waals surface area contributed by atoms with E-state index in [0.29, 0.717) is 24.4 Å². The van der Waals surface area contributed by atoms with E-state index in [1.165, 1.54) is 0 Å². The maximum absolute atomic E-state index is 14.6. The van der Waals surface area contributed by atoms with Gasteiger partial charge in [0.2, 0.25) is 0 Å². The first kappa shape index (κ1) is 28.0. The zero-order chi connectivity index (χ0) is 29.1. The lowest BCUT2D eigenvalue weighted by molar-refractivity contribution is -0.141. The molecule has 1 aromatic carbocycles. The van der Waals surface area contributed by atoms with Crippen LogP contribution in [0.2, 0.25) is 0 Å². The molecule has 5 nitrogen and oxygen atoms in total. The SMILES string of the molecule is Fc1cc(C(F)(F)F)ccc1-c1nc2c(C(F)(F)F)nc(-c3ccc(C(F)(F)F)nc3)nc2n1CC(F)(F)F. The molecule has 0 N–H and O–H groups in total. The van der Waals surface area contributed by atoms with E-state index in [4.69, 9.17) is 0 Å². The Bertz CT molecular complexity index is 1530. The summed E-state index contributed by atoms with van der Waals surface area (Å²) in [5.74, 6) is -3.91. The zero-order valence-electron chi connectivity index (χ0n) is 18.3. The van der Waals surface area contributed by atoms with Gasteiger partial charge in [-0.25, -0.2) is 19.3 Å². The van der Waals surface area contributed by atoms with Crippen LogP contribution in [0.1, 0.15) is 17.0 Å². The number of imidazole rings is 1. The van der Waals surface area contributed by atoms with Crippen molar-refractivity contribution in [1.82, 2.24) is 24.5 Å². The molecule has 3 heterocycles. The molecule has 0 saturated heterocycles. The van der Waals surface area contributed by atoms with E-state index in [0.717, 1.165) is 0 Å². The molecule has 3 aromatic heterocycles. The molecule has 4 aromatic rings. The average Bonchev–Trinajstić information content (AvgIpc) is 3.13. The van der Waals surface area contributed by atoms with Gasteiger partial charge in [-0.05, 0) is 30.3 Å². The lowest BCUT2D eigenvalue weighted by atomic mass is 10.1. The molecule has 0 aliphatic carbocycles. The van der Waals surface area contributed by atoms with Crippen LogP contribution in [0.4, 0.5) is 57.1 Å². The highest BCUT2D eigenvalue weighted by atomic mass is 19.4. The molecule has 0 fully saturated rings. The van der Waals surface area contributed by atoms with E-state index in [1.54, 1.807) is 0 Å². The van der Waals surface area contributed by atoms with E-state index in [2.05, 4.69) is 19.9 Å². The summed E-state index contributed by atoms with van der Waals surface area (Å²) in [6.45, 7) is -2.11. The van der Waals surface area contributed by atoms with Crippen molar-refractivity contribution in [3.05, 3.63) is 59.3 Å². The number of hydrogen-bond donors (Lipinski definition) is 0. The lowest BCUT2D eigenvalue weighted by Crippen LogP contribution is -2.19. The minimum atomic E-state index is -5.41. The van der Waals surface area contributed by atoms with Gasteiger partial charge in [0.15, 0.2) is 17.2 Å². The van der Waals surface area contributed by atoms with Gasteiger partial charge < -0.3 is 0 Å². The molecule has 0 radical (unpaired) electrons. The summed E-state index contributed by atoms with van der Waals surface area (Å²) >= 11 is 0. The summed E-state index contributed by atoms with van der Waals surface area (Å²) in [7, 11) is 0. The molecular weight excluding hydrogens is 569 g/mol. The molecule has 0 atom stereocenters. The monoisotopic (exact) mass is 577 g/mol. The van der Waals surface area contributed by atoms with E-state index in [-0.39, 0.29) is 16.7 Å². The third-order valence-electron chi connectivity index (χ3n) is 5.05. The smallest absolute Gasteiger partial charge is 0.299 e. The number of benzene rings is 1. The molecule has 0 spiro atoms. The third-order valence-corrected chi connectivity index (χ3v) is 5.05. The third kappa shape index (κ3) is 5.73. The zero-order valence-corrected chi connectivity index (χ0v) is 18.3. The predicted molar refractivity (Wildman–Crippen MR) is 105 cm³/mol. The number of nitrogens with zero attached hydrogens (tertiary/aromatic N) is 5. The average molecular weight is 577 g/mol. The number of rotatable bonds is 3. The second-order valence-electron chi connectivity index (χ2n) is 7.82. The van der Waals surface area contributed by atoms with Gasteiger partial charge in [-0.15, -0.1) is 0 Å². The standard InChI is InChI=1S/C21H8F13N5/c22-11-5-9(19(26,27)28)2-3-10(11)16-36-13-14(21(32,33)34)37-15(38-17(13)39(16)7-18(23,24)25)8-1-4-12(35-6-8)20(29,30)31/h1-6H,7H2. The first-order chi connectivity index (χ1) is 17.8. The van der Waals surface area contributed by atoms with Crippen molar-refractivity contribution in [1.29, 1.82) is 0 Å². The maximum Gasteiger partial charge on any atom is 0.435 e. The summed E-state index contributed by atoms with van der Waals surface area (Å²) in [6, 6.07) is 1.57. The Kier molecular flexibility index (Phi) is 6.50. The fourth-order valence-electron chi connectivity index (χ4n) is 3.43. The van der Waals surface area contributed by atoms with Crippen LogP contribution in [0, 0.1) is 5.82 Å². The normalized spacial score (nSPS) is 13.4. The molecule has 0 bridgehead atoms. The summed E-state index contributed by atoms with van der Waals surface area (Å²) in [4.78, 5) is 13.2.